The summed E-state index contributed by atoms with van der Waals surface area (Å²) in [7, 11) is 2.01. The molecule has 2 heterocycles. The van der Waals surface area contributed by atoms with E-state index in [1.54, 1.807) is 0 Å². The van der Waals surface area contributed by atoms with E-state index in [9.17, 15) is 0 Å². The van der Waals surface area contributed by atoms with Crippen LogP contribution in [0.2, 0.25) is 0 Å². The van der Waals surface area contributed by atoms with E-state index in [0.29, 0.717) is 0 Å². The molecule has 5 heteroatoms. The van der Waals surface area contributed by atoms with Gasteiger partial charge in [0.1, 0.15) is 5.75 Å². The van der Waals surface area contributed by atoms with Gasteiger partial charge in [-0.05, 0) is 43.6 Å². The maximum atomic E-state index is 6.54. The summed E-state index contributed by atoms with van der Waals surface area (Å²) >= 11 is 0. The average molecular weight is 381 g/mol. The number of hydrogen-bond donors (Lipinski definition) is 1. The Hall–Kier alpha value is -1.42. The van der Waals surface area contributed by atoms with Crippen molar-refractivity contribution in [3.05, 3.63) is 65.4 Å². The number of rotatable bonds is 4. The molecule has 0 bridgehead atoms. The number of allylic oxidation sites excluding steroid dienone is 3. The zero-order valence-electron chi connectivity index (χ0n) is 14.5. The molecule has 0 amide bonds. The van der Waals surface area contributed by atoms with Gasteiger partial charge in [-0.15, -0.1) is 24.8 Å². The van der Waals surface area contributed by atoms with Crippen LogP contribution in [0.1, 0.15) is 18.4 Å². The van der Waals surface area contributed by atoms with Crippen LogP contribution in [0, 0.1) is 0 Å². The van der Waals surface area contributed by atoms with Gasteiger partial charge < -0.3 is 15.0 Å². The largest absolute Gasteiger partial charge is 0.480 e. The minimum atomic E-state index is -0.210. The number of nitrogens with zero attached hydrogens (tertiary/aromatic N) is 1. The van der Waals surface area contributed by atoms with E-state index in [-0.39, 0.29) is 30.4 Å². The van der Waals surface area contributed by atoms with Crippen molar-refractivity contribution in [2.75, 3.05) is 26.7 Å². The van der Waals surface area contributed by atoms with Crippen molar-refractivity contribution in [3.8, 4) is 5.75 Å². The standard InChI is InChI=1S/C20H24N2O.2ClH/c1-21-11-6-12-22-14-17-8-2-4-9-18(17)20(15-22)13-16-7-3-5-10-19(16)23-20;;/h2-5,7,9-10,14,21H,6,8,11-13,15H2,1H3;2*1H. The Morgan fingerprint density at radius 1 is 1.24 bits per heavy atom. The quantitative estimate of drug-likeness (QED) is 0.801. The fraction of sp³-hybridized carbons (Fsp3) is 0.400. The zero-order chi connectivity index (χ0) is 15.7. The van der Waals surface area contributed by atoms with Crippen molar-refractivity contribution in [2.45, 2.75) is 24.9 Å². The van der Waals surface area contributed by atoms with Crippen LogP contribution in [0.25, 0.3) is 0 Å². The van der Waals surface area contributed by atoms with Crippen molar-refractivity contribution in [1.82, 2.24) is 10.2 Å². The predicted molar refractivity (Wildman–Crippen MR) is 108 cm³/mol. The Morgan fingerprint density at radius 3 is 2.88 bits per heavy atom. The van der Waals surface area contributed by atoms with Crippen molar-refractivity contribution in [3.63, 3.8) is 0 Å². The summed E-state index contributed by atoms with van der Waals surface area (Å²) in [6.45, 7) is 3.06. The van der Waals surface area contributed by atoms with Crippen LogP contribution in [-0.2, 0) is 6.42 Å². The van der Waals surface area contributed by atoms with Crippen molar-refractivity contribution >= 4 is 24.8 Å². The second kappa shape index (κ2) is 8.31. The number of halogens is 2. The van der Waals surface area contributed by atoms with E-state index in [1.807, 2.05) is 7.05 Å². The molecule has 3 nitrogen and oxygen atoms in total. The number of ether oxygens (including phenoxy) is 1. The van der Waals surface area contributed by atoms with Crippen LogP contribution < -0.4 is 10.1 Å². The third-order valence-electron chi connectivity index (χ3n) is 5.00. The van der Waals surface area contributed by atoms with Crippen LogP contribution in [0.4, 0.5) is 0 Å². The molecule has 0 saturated heterocycles. The highest BCUT2D eigenvalue weighted by Crippen LogP contribution is 2.45. The van der Waals surface area contributed by atoms with Gasteiger partial charge >= 0.3 is 0 Å². The molecule has 1 aliphatic carbocycles. The van der Waals surface area contributed by atoms with E-state index in [4.69, 9.17) is 4.74 Å². The van der Waals surface area contributed by atoms with E-state index in [1.165, 1.54) is 16.7 Å². The molecule has 0 saturated carbocycles. The van der Waals surface area contributed by atoms with E-state index in [0.717, 1.165) is 44.6 Å². The SMILES string of the molecule is CNCCCN1C=C2CC=CC=C2C2(Cc3ccccc3O2)C1.Cl.Cl. The minimum absolute atomic E-state index is 0. The monoisotopic (exact) mass is 380 g/mol. The third kappa shape index (κ3) is 3.74. The fourth-order valence-corrected chi connectivity index (χ4v) is 3.97. The summed E-state index contributed by atoms with van der Waals surface area (Å²) in [5.74, 6) is 1.05. The van der Waals surface area contributed by atoms with Crippen molar-refractivity contribution in [1.29, 1.82) is 0 Å². The number of para-hydroxylation sites is 1. The highest BCUT2D eigenvalue weighted by Gasteiger charge is 2.46. The normalized spacial score (nSPS) is 22.8. The van der Waals surface area contributed by atoms with Crippen LogP contribution >= 0.6 is 24.8 Å². The van der Waals surface area contributed by atoms with Gasteiger partial charge in [0.05, 0.1) is 6.54 Å². The van der Waals surface area contributed by atoms with Crippen molar-refractivity contribution in [2.24, 2.45) is 0 Å². The number of fused-ring (bicyclic) bond motifs is 3. The van der Waals surface area contributed by atoms with E-state index in [2.05, 4.69) is 58.9 Å². The van der Waals surface area contributed by atoms with Crippen LogP contribution in [0.15, 0.2) is 59.8 Å². The summed E-state index contributed by atoms with van der Waals surface area (Å²) in [4.78, 5) is 2.45. The molecule has 4 rings (SSSR count). The van der Waals surface area contributed by atoms with Crippen LogP contribution in [-0.4, -0.2) is 37.2 Å². The van der Waals surface area contributed by atoms with Gasteiger partial charge in [-0.2, -0.15) is 0 Å². The lowest BCUT2D eigenvalue weighted by Gasteiger charge is -2.42. The Balaban J connectivity index is 0.00000113. The molecule has 1 aromatic rings. The molecule has 3 aliphatic rings. The van der Waals surface area contributed by atoms with E-state index >= 15 is 0 Å². The highest BCUT2D eigenvalue weighted by atomic mass is 35.5. The summed E-state index contributed by atoms with van der Waals surface area (Å²) in [5, 5.41) is 3.24. The third-order valence-corrected chi connectivity index (χ3v) is 5.00. The average Bonchev–Trinajstić information content (AvgIpc) is 2.93. The lowest BCUT2D eigenvalue weighted by molar-refractivity contribution is 0.0895. The summed E-state index contributed by atoms with van der Waals surface area (Å²) < 4.78 is 6.54. The number of benzene rings is 1. The lowest BCUT2D eigenvalue weighted by Crippen LogP contribution is -2.50. The van der Waals surface area contributed by atoms with Gasteiger partial charge in [-0.3, -0.25) is 0 Å². The molecular weight excluding hydrogens is 355 g/mol. The second-order valence-electron chi connectivity index (χ2n) is 6.68. The van der Waals surface area contributed by atoms with Crippen LogP contribution in [0.3, 0.4) is 0 Å². The summed E-state index contributed by atoms with van der Waals surface area (Å²) in [6.07, 6.45) is 12.2. The molecule has 136 valence electrons. The highest BCUT2D eigenvalue weighted by molar-refractivity contribution is 5.85. The summed E-state index contributed by atoms with van der Waals surface area (Å²) in [5.41, 5.74) is 3.91. The minimum Gasteiger partial charge on any atom is -0.480 e. The molecule has 1 spiro atoms. The van der Waals surface area contributed by atoms with Gasteiger partial charge in [0.25, 0.3) is 0 Å². The molecule has 0 fully saturated rings. The topological polar surface area (TPSA) is 24.5 Å². The van der Waals surface area contributed by atoms with Gasteiger partial charge in [-0.25, -0.2) is 0 Å². The predicted octanol–water partition coefficient (Wildman–Crippen LogP) is 3.90. The Bertz CT molecular complexity index is 672. The number of hydrogen-bond acceptors (Lipinski definition) is 3. The zero-order valence-corrected chi connectivity index (χ0v) is 16.2. The smallest absolute Gasteiger partial charge is 0.156 e. The molecule has 1 N–H and O–H groups in total. The number of nitrogens with one attached hydrogen (secondary N) is 1. The first kappa shape index (κ1) is 19.9. The fourth-order valence-electron chi connectivity index (χ4n) is 3.97. The molecule has 25 heavy (non-hydrogen) atoms. The van der Waals surface area contributed by atoms with Gasteiger partial charge in [0.2, 0.25) is 0 Å². The summed E-state index contributed by atoms with van der Waals surface area (Å²) in [6, 6.07) is 8.48. The molecule has 0 aromatic heterocycles. The molecule has 2 aliphatic heterocycles. The second-order valence-corrected chi connectivity index (χ2v) is 6.68. The molecular formula is C20H26Cl2N2O. The van der Waals surface area contributed by atoms with E-state index < -0.39 is 0 Å². The van der Waals surface area contributed by atoms with Gasteiger partial charge in [0, 0.05) is 24.7 Å². The molecule has 1 unspecified atom stereocenters. The maximum absolute atomic E-state index is 6.54. The maximum Gasteiger partial charge on any atom is 0.156 e. The van der Waals surface area contributed by atoms with Crippen LogP contribution in [0.5, 0.6) is 5.75 Å². The molecule has 1 aromatic carbocycles. The first-order valence-corrected chi connectivity index (χ1v) is 8.55. The Labute approximate surface area is 162 Å². The van der Waals surface area contributed by atoms with Crippen molar-refractivity contribution < 1.29 is 4.74 Å². The Morgan fingerprint density at radius 2 is 2.08 bits per heavy atom. The molecule has 1 atom stereocenters. The first-order valence-electron chi connectivity index (χ1n) is 8.55. The first-order chi connectivity index (χ1) is 11.3. The van der Waals surface area contributed by atoms with Gasteiger partial charge in [0.15, 0.2) is 5.60 Å². The Kier molecular flexibility index (Phi) is 6.61. The van der Waals surface area contributed by atoms with Gasteiger partial charge in [-0.1, -0.05) is 36.4 Å². The lowest BCUT2D eigenvalue weighted by atomic mass is 9.79. The molecule has 0 radical (unpaired) electrons.